The highest BCUT2D eigenvalue weighted by atomic mass is 19.4. The lowest BCUT2D eigenvalue weighted by molar-refractivity contribution is -0.274. The molecule has 3 aromatic carbocycles. The van der Waals surface area contributed by atoms with Gasteiger partial charge in [-0.15, -0.1) is 13.2 Å². The predicted molar refractivity (Wildman–Crippen MR) is 120 cm³/mol. The molecule has 5 nitrogen and oxygen atoms in total. The van der Waals surface area contributed by atoms with Crippen molar-refractivity contribution in [1.29, 1.82) is 0 Å². The van der Waals surface area contributed by atoms with E-state index >= 15 is 0 Å². The summed E-state index contributed by atoms with van der Waals surface area (Å²) in [4.78, 5) is 11.4. The number of carbonyl (C=O) groups excluding carboxylic acids is 1. The Labute approximate surface area is 201 Å². The van der Waals surface area contributed by atoms with E-state index in [1.165, 1.54) is 47.3 Å². The zero-order valence-corrected chi connectivity index (χ0v) is 18.5. The number of aromatic nitrogens is 2. The number of amides is 1. The fourth-order valence-corrected chi connectivity index (χ4v) is 3.93. The van der Waals surface area contributed by atoms with Gasteiger partial charge in [0.25, 0.3) is 0 Å². The zero-order valence-electron chi connectivity index (χ0n) is 18.5. The van der Waals surface area contributed by atoms with Crippen LogP contribution in [0.2, 0.25) is 0 Å². The van der Waals surface area contributed by atoms with Crippen LogP contribution in [0.25, 0.3) is 22.0 Å². The molecule has 2 N–H and O–H groups in total. The van der Waals surface area contributed by atoms with Crippen molar-refractivity contribution in [1.82, 2.24) is 9.78 Å². The van der Waals surface area contributed by atoms with Gasteiger partial charge >= 0.3 is 12.5 Å². The molecule has 1 aromatic heterocycles. The van der Waals surface area contributed by atoms with Crippen LogP contribution in [0, 0.1) is 0 Å². The van der Waals surface area contributed by atoms with E-state index in [4.69, 9.17) is 5.73 Å². The molecule has 0 aliphatic heterocycles. The second-order valence-corrected chi connectivity index (χ2v) is 8.09. The van der Waals surface area contributed by atoms with Gasteiger partial charge in [0.1, 0.15) is 5.75 Å². The zero-order chi connectivity index (χ0) is 26.1. The average Bonchev–Trinajstić information content (AvgIpc) is 3.21. The number of fused-ring (bicyclic) bond motifs is 1. The van der Waals surface area contributed by atoms with Gasteiger partial charge in [0.2, 0.25) is 5.91 Å². The third-order valence-electron chi connectivity index (χ3n) is 5.59. The first-order valence-electron chi connectivity index (χ1n) is 10.7. The third-order valence-corrected chi connectivity index (χ3v) is 5.59. The van der Waals surface area contributed by atoms with Crippen molar-refractivity contribution in [3.8, 4) is 16.9 Å². The molecule has 36 heavy (non-hydrogen) atoms. The van der Waals surface area contributed by atoms with Gasteiger partial charge in [-0.1, -0.05) is 30.3 Å². The SMILES string of the molecule is NC(=O)c1ccc(C(CCC(F)(F)F)n2ncc3cc(-c4ccc(OC(F)(F)F)cc4)ccc32)cc1. The van der Waals surface area contributed by atoms with Crippen LogP contribution < -0.4 is 10.5 Å². The number of primary amides is 1. The maximum Gasteiger partial charge on any atom is 0.573 e. The number of hydrogen-bond donors (Lipinski definition) is 1. The Morgan fingerprint density at radius 3 is 2.14 bits per heavy atom. The molecule has 188 valence electrons. The highest BCUT2D eigenvalue weighted by Crippen LogP contribution is 2.34. The molecular formula is C25H19F6N3O2. The highest BCUT2D eigenvalue weighted by molar-refractivity contribution is 5.92. The van der Waals surface area contributed by atoms with Crippen LogP contribution in [-0.4, -0.2) is 28.2 Å². The number of hydrogen-bond acceptors (Lipinski definition) is 3. The first kappa shape index (κ1) is 25.1. The van der Waals surface area contributed by atoms with Gasteiger partial charge in [0, 0.05) is 17.4 Å². The normalized spacial score (nSPS) is 13.1. The minimum absolute atomic E-state index is 0.231. The van der Waals surface area contributed by atoms with Crippen LogP contribution in [0.4, 0.5) is 26.3 Å². The van der Waals surface area contributed by atoms with E-state index in [0.717, 1.165) is 0 Å². The Morgan fingerprint density at radius 2 is 1.56 bits per heavy atom. The lowest BCUT2D eigenvalue weighted by atomic mass is 9.99. The van der Waals surface area contributed by atoms with Crippen LogP contribution in [0.3, 0.4) is 0 Å². The smallest absolute Gasteiger partial charge is 0.406 e. The van der Waals surface area contributed by atoms with Crippen LogP contribution in [0.1, 0.15) is 34.8 Å². The number of alkyl halides is 6. The fourth-order valence-electron chi connectivity index (χ4n) is 3.93. The molecule has 0 radical (unpaired) electrons. The van der Waals surface area contributed by atoms with E-state index in [-0.39, 0.29) is 17.7 Å². The molecule has 1 amide bonds. The van der Waals surface area contributed by atoms with Gasteiger partial charge in [0.15, 0.2) is 0 Å². The lowest BCUT2D eigenvalue weighted by Gasteiger charge is -2.20. The number of halogens is 6. The summed E-state index contributed by atoms with van der Waals surface area (Å²) < 4.78 is 81.7. The van der Waals surface area contributed by atoms with E-state index < -0.39 is 30.9 Å². The van der Waals surface area contributed by atoms with Crippen molar-refractivity contribution in [2.75, 3.05) is 0 Å². The number of carbonyl (C=O) groups is 1. The summed E-state index contributed by atoms with van der Waals surface area (Å²) in [6, 6.07) is 15.7. The van der Waals surface area contributed by atoms with E-state index in [1.54, 1.807) is 30.3 Å². The van der Waals surface area contributed by atoms with Gasteiger partial charge in [-0.3, -0.25) is 9.48 Å². The van der Waals surface area contributed by atoms with E-state index in [9.17, 15) is 31.1 Å². The van der Waals surface area contributed by atoms with Crippen molar-refractivity contribution in [3.05, 3.63) is 84.1 Å². The maximum absolute atomic E-state index is 13.1. The molecule has 0 saturated heterocycles. The largest absolute Gasteiger partial charge is 0.573 e. The number of nitrogens with two attached hydrogens (primary N) is 1. The Bertz CT molecular complexity index is 1360. The Balaban J connectivity index is 1.66. The van der Waals surface area contributed by atoms with Crippen LogP contribution in [0.15, 0.2) is 72.9 Å². The van der Waals surface area contributed by atoms with Crippen LogP contribution >= 0.6 is 0 Å². The van der Waals surface area contributed by atoms with Gasteiger partial charge in [-0.2, -0.15) is 18.3 Å². The highest BCUT2D eigenvalue weighted by Gasteiger charge is 2.31. The number of benzene rings is 3. The number of rotatable bonds is 7. The summed E-state index contributed by atoms with van der Waals surface area (Å²) in [5, 5.41) is 4.97. The van der Waals surface area contributed by atoms with Gasteiger partial charge in [-0.05, 0) is 59.5 Å². The summed E-state index contributed by atoms with van der Waals surface area (Å²) >= 11 is 0. The third kappa shape index (κ3) is 5.96. The second kappa shape index (κ2) is 9.56. The summed E-state index contributed by atoms with van der Waals surface area (Å²) in [5.41, 5.74) is 7.89. The molecule has 1 heterocycles. The topological polar surface area (TPSA) is 70.1 Å². The molecule has 1 atom stereocenters. The van der Waals surface area contributed by atoms with E-state index in [0.29, 0.717) is 27.6 Å². The first-order valence-corrected chi connectivity index (χ1v) is 10.7. The Morgan fingerprint density at radius 1 is 0.917 bits per heavy atom. The molecular weight excluding hydrogens is 488 g/mol. The monoisotopic (exact) mass is 507 g/mol. The molecule has 0 fully saturated rings. The predicted octanol–water partition coefficient (Wildman–Crippen LogP) is 6.63. The van der Waals surface area contributed by atoms with Crippen molar-refractivity contribution in [3.63, 3.8) is 0 Å². The lowest BCUT2D eigenvalue weighted by Crippen LogP contribution is -2.17. The minimum atomic E-state index is -4.79. The average molecular weight is 507 g/mol. The quantitative estimate of drug-likeness (QED) is 0.286. The fraction of sp³-hybridized carbons (Fsp3) is 0.200. The van der Waals surface area contributed by atoms with Gasteiger partial charge in [-0.25, -0.2) is 0 Å². The second-order valence-electron chi connectivity index (χ2n) is 8.09. The van der Waals surface area contributed by atoms with Gasteiger partial charge < -0.3 is 10.5 Å². The van der Waals surface area contributed by atoms with Crippen molar-refractivity contribution in [2.45, 2.75) is 31.4 Å². The van der Waals surface area contributed by atoms with E-state index in [2.05, 4.69) is 9.84 Å². The van der Waals surface area contributed by atoms with Crippen LogP contribution in [-0.2, 0) is 0 Å². The number of ether oxygens (including phenoxy) is 1. The molecule has 1 unspecified atom stereocenters. The summed E-state index contributed by atoms with van der Waals surface area (Å²) in [6.45, 7) is 0. The minimum Gasteiger partial charge on any atom is -0.406 e. The number of nitrogens with zero attached hydrogens (tertiary/aromatic N) is 2. The first-order chi connectivity index (χ1) is 16.9. The molecule has 0 spiro atoms. The molecule has 4 aromatic rings. The molecule has 4 rings (SSSR count). The standard InChI is InChI=1S/C25H19F6N3O2/c26-24(27,28)12-11-22(16-1-3-17(4-2-16)23(32)35)34-21-10-7-18(13-19(21)14-33-34)15-5-8-20(9-6-15)36-25(29,30)31/h1-10,13-14,22H,11-12H2,(H2,32,35). The summed E-state index contributed by atoms with van der Waals surface area (Å²) in [5.74, 6) is -1.00. The maximum atomic E-state index is 13.1. The van der Waals surface area contributed by atoms with Crippen LogP contribution in [0.5, 0.6) is 5.75 Å². The van der Waals surface area contributed by atoms with E-state index in [1.807, 2.05) is 0 Å². The van der Waals surface area contributed by atoms with Crippen molar-refractivity contribution in [2.24, 2.45) is 5.73 Å². The molecule has 0 aliphatic carbocycles. The molecule has 11 heteroatoms. The molecule has 0 aliphatic rings. The molecule has 0 saturated carbocycles. The van der Waals surface area contributed by atoms with Crippen molar-refractivity contribution >= 4 is 16.8 Å². The van der Waals surface area contributed by atoms with Crippen molar-refractivity contribution < 1.29 is 35.9 Å². The summed E-state index contributed by atoms with van der Waals surface area (Å²) in [6.07, 6.45) is -8.97. The van der Waals surface area contributed by atoms with Gasteiger partial charge in [0.05, 0.1) is 17.8 Å². The Kier molecular flexibility index (Phi) is 6.66. The summed E-state index contributed by atoms with van der Waals surface area (Å²) in [7, 11) is 0. The Hall–Kier alpha value is -4.02. The molecule has 0 bridgehead atoms.